The van der Waals surface area contributed by atoms with Crippen LogP contribution in [-0.2, 0) is 0 Å². The molecule has 2 heteroatoms. The minimum atomic E-state index is 1.12. The van der Waals surface area contributed by atoms with E-state index in [1.165, 1.54) is 74.0 Å². The number of benzene rings is 8. The predicted molar refractivity (Wildman–Crippen MR) is 219 cm³/mol. The summed E-state index contributed by atoms with van der Waals surface area (Å²) in [5, 5.41) is 15.0. The van der Waals surface area contributed by atoms with Gasteiger partial charge in [0.15, 0.2) is 0 Å². The normalized spacial score (nSPS) is 11.6. The number of hydrogen-bond donors (Lipinski definition) is 0. The van der Waals surface area contributed by atoms with Crippen molar-refractivity contribution in [1.29, 1.82) is 0 Å². The SMILES string of the molecule is c1ccc(N(c2ccccc2)c2ccc3c4ccccc4c4ccccc4c4ccccc4c4c(ccc5sc6ccccc6c54)c3c2)cc1. The molecule has 1 heterocycles. The van der Waals surface area contributed by atoms with E-state index in [2.05, 4.69) is 193 Å². The van der Waals surface area contributed by atoms with E-state index in [1.807, 2.05) is 11.3 Å². The fourth-order valence-electron chi connectivity index (χ4n) is 7.89. The van der Waals surface area contributed by atoms with Crippen molar-refractivity contribution in [2.24, 2.45) is 0 Å². The van der Waals surface area contributed by atoms with Gasteiger partial charge in [0.1, 0.15) is 0 Å². The standard InChI is InChI=1S/C48H31NS/c1-3-15-32(16-4-1)49(33-17-5-2-6-18-33)34-27-28-40-38-22-10-8-20-36(38)35-19-7-9-21-37(35)39-23-11-12-24-41(39)47-42(44(40)31-34)29-30-46-48(47)43-25-13-14-26-45(43)50-46/h1-31H. The lowest BCUT2D eigenvalue weighted by Gasteiger charge is -2.26. The molecule has 0 saturated heterocycles. The summed E-state index contributed by atoms with van der Waals surface area (Å²) in [5.74, 6) is 0. The van der Waals surface area contributed by atoms with Crippen LogP contribution in [0.1, 0.15) is 0 Å². The van der Waals surface area contributed by atoms with Crippen LogP contribution in [0.5, 0.6) is 0 Å². The minimum absolute atomic E-state index is 1.12. The number of fused-ring (bicyclic) bond motifs is 14. The third-order valence-electron chi connectivity index (χ3n) is 10.0. The first kappa shape index (κ1) is 28.8. The van der Waals surface area contributed by atoms with Gasteiger partial charge in [-0.05, 0) is 102 Å². The first-order chi connectivity index (χ1) is 24.8. The van der Waals surface area contributed by atoms with Crippen molar-refractivity contribution < 1.29 is 0 Å². The molecular formula is C48H31NS. The van der Waals surface area contributed by atoms with Gasteiger partial charge in [0, 0.05) is 37.2 Å². The first-order valence-electron chi connectivity index (χ1n) is 17.1. The molecule has 50 heavy (non-hydrogen) atoms. The second-order valence-electron chi connectivity index (χ2n) is 12.8. The second-order valence-corrected chi connectivity index (χ2v) is 13.9. The summed E-state index contributed by atoms with van der Waals surface area (Å²) in [4.78, 5) is 2.37. The van der Waals surface area contributed by atoms with Gasteiger partial charge in [0.25, 0.3) is 0 Å². The average molecular weight is 654 g/mol. The van der Waals surface area contributed by atoms with Crippen LogP contribution in [0.3, 0.4) is 0 Å². The fraction of sp³-hybridized carbons (Fsp3) is 0. The Morgan fingerprint density at radius 1 is 0.260 bits per heavy atom. The van der Waals surface area contributed by atoms with E-state index >= 15 is 0 Å². The maximum Gasteiger partial charge on any atom is 0.0468 e. The van der Waals surface area contributed by atoms with Crippen LogP contribution >= 0.6 is 11.3 Å². The Labute approximate surface area is 294 Å². The fourth-order valence-corrected chi connectivity index (χ4v) is 9.01. The molecule has 0 N–H and O–H groups in total. The number of rotatable bonds is 3. The van der Waals surface area contributed by atoms with E-state index in [1.54, 1.807) is 0 Å². The number of para-hydroxylation sites is 2. The lowest BCUT2D eigenvalue weighted by molar-refractivity contribution is 1.29. The molecule has 0 unspecified atom stereocenters. The maximum absolute atomic E-state index is 2.42. The zero-order valence-electron chi connectivity index (χ0n) is 27.3. The highest BCUT2D eigenvalue weighted by atomic mass is 32.1. The first-order valence-corrected chi connectivity index (χ1v) is 17.9. The number of anilines is 3. The molecular weight excluding hydrogens is 623 g/mol. The van der Waals surface area contributed by atoms with E-state index in [-0.39, 0.29) is 0 Å². The van der Waals surface area contributed by atoms with Crippen molar-refractivity contribution in [3.05, 3.63) is 188 Å². The number of hydrogen-bond acceptors (Lipinski definition) is 2. The Kier molecular flexibility index (Phi) is 6.75. The summed E-state index contributed by atoms with van der Waals surface area (Å²) < 4.78 is 2.61. The van der Waals surface area contributed by atoms with E-state index in [0.29, 0.717) is 0 Å². The van der Waals surface area contributed by atoms with E-state index in [9.17, 15) is 0 Å². The maximum atomic E-state index is 2.42. The minimum Gasteiger partial charge on any atom is -0.310 e. The highest BCUT2D eigenvalue weighted by Crippen LogP contribution is 2.45. The summed E-state index contributed by atoms with van der Waals surface area (Å²) in [5.41, 5.74) is 3.36. The molecule has 0 atom stereocenters. The number of thiophene rings is 1. The summed E-state index contributed by atoms with van der Waals surface area (Å²) in [7, 11) is 0. The van der Waals surface area contributed by atoms with Gasteiger partial charge in [0.05, 0.1) is 0 Å². The molecule has 1 aromatic heterocycles. The monoisotopic (exact) mass is 653 g/mol. The molecule has 10 rings (SSSR count). The molecule has 234 valence electrons. The Bertz CT molecular complexity index is 2940. The van der Waals surface area contributed by atoms with Gasteiger partial charge in [-0.15, -0.1) is 11.3 Å². The van der Waals surface area contributed by atoms with Crippen LogP contribution in [0.4, 0.5) is 17.1 Å². The van der Waals surface area contributed by atoms with Crippen LogP contribution in [0.2, 0.25) is 0 Å². The van der Waals surface area contributed by atoms with Crippen LogP contribution in [0, 0.1) is 0 Å². The Morgan fingerprint density at radius 3 is 1.26 bits per heavy atom. The van der Waals surface area contributed by atoms with Crippen LogP contribution < -0.4 is 4.90 Å². The van der Waals surface area contributed by atoms with Crippen molar-refractivity contribution >= 4 is 102 Å². The van der Waals surface area contributed by atoms with Crippen LogP contribution in [0.25, 0.3) is 74.0 Å². The van der Waals surface area contributed by atoms with Crippen LogP contribution in [-0.4, -0.2) is 0 Å². The molecule has 10 aromatic rings. The van der Waals surface area contributed by atoms with Crippen molar-refractivity contribution in [1.82, 2.24) is 0 Å². The highest BCUT2D eigenvalue weighted by molar-refractivity contribution is 7.26. The molecule has 0 radical (unpaired) electrons. The highest BCUT2D eigenvalue weighted by Gasteiger charge is 2.17. The third-order valence-corrected chi connectivity index (χ3v) is 11.2. The zero-order valence-corrected chi connectivity index (χ0v) is 28.1. The Morgan fingerprint density at radius 2 is 0.680 bits per heavy atom. The molecule has 0 spiro atoms. The molecule has 0 saturated carbocycles. The smallest absolute Gasteiger partial charge is 0.0468 e. The molecule has 1 nitrogen and oxygen atoms in total. The van der Waals surface area contributed by atoms with Gasteiger partial charge in [-0.2, -0.15) is 0 Å². The summed E-state index contributed by atoms with van der Waals surface area (Å²) >= 11 is 1.88. The molecule has 0 amide bonds. The lowest BCUT2D eigenvalue weighted by Crippen LogP contribution is -2.09. The van der Waals surface area contributed by atoms with E-state index in [0.717, 1.165) is 17.1 Å². The van der Waals surface area contributed by atoms with Gasteiger partial charge in [0.2, 0.25) is 0 Å². The van der Waals surface area contributed by atoms with E-state index in [4.69, 9.17) is 0 Å². The molecule has 0 bridgehead atoms. The van der Waals surface area contributed by atoms with Gasteiger partial charge < -0.3 is 4.90 Å². The zero-order chi connectivity index (χ0) is 33.0. The summed E-state index contributed by atoms with van der Waals surface area (Å²) in [6.07, 6.45) is 0. The van der Waals surface area contributed by atoms with Crippen molar-refractivity contribution in [2.45, 2.75) is 0 Å². The summed E-state index contributed by atoms with van der Waals surface area (Å²) in [6, 6.07) is 68.9. The average Bonchev–Trinajstić information content (AvgIpc) is 3.57. The lowest BCUT2D eigenvalue weighted by atomic mass is 9.92. The molecule has 0 fully saturated rings. The molecule has 0 aliphatic heterocycles. The van der Waals surface area contributed by atoms with Gasteiger partial charge in [-0.1, -0.05) is 140 Å². The third kappa shape index (κ3) is 4.53. The van der Waals surface area contributed by atoms with E-state index < -0.39 is 0 Å². The predicted octanol–water partition coefficient (Wildman–Crippen LogP) is 14.4. The van der Waals surface area contributed by atoms with Gasteiger partial charge in [-0.3, -0.25) is 0 Å². The molecule has 0 aliphatic carbocycles. The van der Waals surface area contributed by atoms with Crippen molar-refractivity contribution in [3.63, 3.8) is 0 Å². The topological polar surface area (TPSA) is 3.24 Å². The Balaban J connectivity index is 1.51. The van der Waals surface area contributed by atoms with Crippen molar-refractivity contribution in [2.75, 3.05) is 4.90 Å². The van der Waals surface area contributed by atoms with Gasteiger partial charge >= 0.3 is 0 Å². The second kappa shape index (κ2) is 11.7. The summed E-state index contributed by atoms with van der Waals surface area (Å²) in [6.45, 7) is 0. The number of nitrogens with zero attached hydrogens (tertiary/aromatic N) is 1. The van der Waals surface area contributed by atoms with Crippen molar-refractivity contribution in [3.8, 4) is 0 Å². The van der Waals surface area contributed by atoms with Gasteiger partial charge in [-0.25, -0.2) is 0 Å². The quantitative estimate of drug-likeness (QED) is 0.183. The largest absolute Gasteiger partial charge is 0.310 e. The Hall–Kier alpha value is -6.22. The molecule has 0 aliphatic rings. The van der Waals surface area contributed by atoms with Crippen LogP contribution in [0.15, 0.2) is 188 Å². The molecule has 9 aromatic carbocycles.